The minimum atomic E-state index is -0.206. The van der Waals surface area contributed by atoms with E-state index in [-0.39, 0.29) is 11.7 Å². The minimum absolute atomic E-state index is 0.0222. The third kappa shape index (κ3) is 3.03. The van der Waals surface area contributed by atoms with E-state index in [1.807, 2.05) is 0 Å². The highest BCUT2D eigenvalue weighted by Gasteiger charge is 2.29. The summed E-state index contributed by atoms with van der Waals surface area (Å²) in [6, 6.07) is 10.1. The summed E-state index contributed by atoms with van der Waals surface area (Å²) in [5.41, 5.74) is 1.55. The first-order valence-corrected chi connectivity index (χ1v) is 7.84. The number of carbonyl (C=O) groups excluding carboxylic acids is 2. The predicted octanol–water partition coefficient (Wildman–Crippen LogP) is 2.95. The van der Waals surface area contributed by atoms with E-state index < -0.39 is 0 Å². The molecule has 25 heavy (non-hydrogen) atoms. The van der Waals surface area contributed by atoms with Crippen LogP contribution in [0.4, 0.5) is 5.69 Å². The van der Waals surface area contributed by atoms with Crippen molar-refractivity contribution in [1.82, 2.24) is 0 Å². The maximum Gasteiger partial charge on any atom is 0.258 e. The lowest BCUT2D eigenvalue weighted by Gasteiger charge is -2.29. The Bertz CT molecular complexity index is 831. The molecule has 1 amide bonds. The molecular weight excluding hydrogens is 322 g/mol. The van der Waals surface area contributed by atoms with Crippen LogP contribution in [0.25, 0.3) is 0 Å². The van der Waals surface area contributed by atoms with Crippen LogP contribution in [-0.2, 0) is 0 Å². The van der Waals surface area contributed by atoms with Gasteiger partial charge in [-0.3, -0.25) is 9.59 Å². The quantitative estimate of drug-likeness (QED) is 0.855. The Morgan fingerprint density at radius 2 is 1.72 bits per heavy atom. The minimum Gasteiger partial charge on any atom is -0.497 e. The normalized spacial score (nSPS) is 13.2. The van der Waals surface area contributed by atoms with Gasteiger partial charge in [0, 0.05) is 30.2 Å². The fourth-order valence-corrected chi connectivity index (χ4v) is 2.90. The molecule has 0 unspecified atom stereocenters. The number of ether oxygens (including phenoxy) is 3. The first-order chi connectivity index (χ1) is 12.1. The van der Waals surface area contributed by atoms with Crippen LogP contribution < -0.4 is 19.1 Å². The number of carbonyl (C=O) groups is 2. The van der Waals surface area contributed by atoms with E-state index in [2.05, 4.69) is 0 Å². The molecule has 0 aliphatic carbocycles. The Morgan fingerprint density at radius 1 is 0.960 bits per heavy atom. The van der Waals surface area contributed by atoms with Crippen LogP contribution in [0.2, 0.25) is 0 Å². The van der Waals surface area contributed by atoms with Gasteiger partial charge in [0.05, 0.1) is 27.0 Å². The van der Waals surface area contributed by atoms with Gasteiger partial charge >= 0.3 is 0 Å². The summed E-state index contributed by atoms with van der Waals surface area (Å²) >= 11 is 0. The predicted molar refractivity (Wildman–Crippen MR) is 93.2 cm³/mol. The fraction of sp³-hybridized carbons (Fsp3) is 0.263. The summed E-state index contributed by atoms with van der Waals surface area (Å²) in [4.78, 5) is 26.8. The molecule has 0 saturated carbocycles. The molecule has 1 heterocycles. The number of ketones is 1. The van der Waals surface area contributed by atoms with E-state index in [1.54, 1.807) is 48.4 Å². The molecule has 0 bridgehead atoms. The Kier molecular flexibility index (Phi) is 4.61. The van der Waals surface area contributed by atoms with Gasteiger partial charge in [0.15, 0.2) is 17.3 Å². The Morgan fingerprint density at radius 3 is 2.40 bits per heavy atom. The molecule has 0 N–H and O–H groups in total. The van der Waals surface area contributed by atoms with Crippen molar-refractivity contribution in [2.75, 3.05) is 32.8 Å². The molecule has 2 aromatic rings. The standard InChI is InChI=1S/C19H19NO5/c1-23-13-5-6-14-15(11-13)20(9-8-16(14)21)19(22)12-4-7-17(24-2)18(10-12)25-3/h4-7,10-11H,8-9H2,1-3H3. The first kappa shape index (κ1) is 16.8. The van der Waals surface area contributed by atoms with Gasteiger partial charge in [0.1, 0.15) is 5.75 Å². The van der Waals surface area contributed by atoms with Crippen LogP contribution in [0.1, 0.15) is 27.1 Å². The van der Waals surface area contributed by atoms with E-state index in [4.69, 9.17) is 14.2 Å². The fourth-order valence-electron chi connectivity index (χ4n) is 2.90. The second kappa shape index (κ2) is 6.84. The summed E-state index contributed by atoms with van der Waals surface area (Å²) < 4.78 is 15.7. The van der Waals surface area contributed by atoms with Crippen molar-refractivity contribution in [2.45, 2.75) is 6.42 Å². The number of anilines is 1. The Balaban J connectivity index is 2.01. The topological polar surface area (TPSA) is 65.1 Å². The summed E-state index contributed by atoms with van der Waals surface area (Å²) in [5, 5.41) is 0. The van der Waals surface area contributed by atoms with Crippen LogP contribution in [0.5, 0.6) is 17.2 Å². The molecule has 1 aliphatic heterocycles. The van der Waals surface area contributed by atoms with Gasteiger partial charge in [-0.2, -0.15) is 0 Å². The summed E-state index contributed by atoms with van der Waals surface area (Å²) in [6.07, 6.45) is 0.290. The lowest BCUT2D eigenvalue weighted by molar-refractivity contribution is 0.0955. The first-order valence-electron chi connectivity index (χ1n) is 7.84. The molecule has 6 nitrogen and oxygen atoms in total. The van der Waals surface area contributed by atoms with Crippen LogP contribution in [0, 0.1) is 0 Å². The average molecular weight is 341 g/mol. The molecule has 3 rings (SSSR count). The van der Waals surface area contributed by atoms with Gasteiger partial charge in [-0.05, 0) is 30.3 Å². The molecular formula is C19H19NO5. The van der Waals surface area contributed by atoms with Crippen molar-refractivity contribution in [3.63, 3.8) is 0 Å². The summed E-state index contributed by atoms with van der Waals surface area (Å²) in [5.74, 6) is 1.44. The highest BCUT2D eigenvalue weighted by molar-refractivity contribution is 6.13. The second-order valence-corrected chi connectivity index (χ2v) is 5.58. The molecule has 0 aromatic heterocycles. The number of amides is 1. The maximum atomic E-state index is 13.0. The third-order valence-electron chi connectivity index (χ3n) is 4.23. The van der Waals surface area contributed by atoms with Crippen LogP contribution in [0.15, 0.2) is 36.4 Å². The van der Waals surface area contributed by atoms with E-state index in [1.165, 1.54) is 14.2 Å². The SMILES string of the molecule is COc1ccc2c(c1)N(C(=O)c1ccc(OC)c(OC)c1)CCC2=O. The Labute approximate surface area is 145 Å². The molecule has 0 fully saturated rings. The molecule has 6 heteroatoms. The van der Waals surface area contributed by atoms with Crippen molar-refractivity contribution in [2.24, 2.45) is 0 Å². The lowest BCUT2D eigenvalue weighted by Crippen LogP contribution is -2.37. The zero-order valence-corrected chi connectivity index (χ0v) is 14.4. The van der Waals surface area contributed by atoms with Gasteiger partial charge < -0.3 is 19.1 Å². The number of Topliss-reactive ketones (excluding diaryl/α,β-unsaturated/α-hetero) is 1. The number of fused-ring (bicyclic) bond motifs is 1. The summed E-state index contributed by atoms with van der Waals surface area (Å²) in [7, 11) is 4.61. The van der Waals surface area contributed by atoms with Crippen LogP contribution in [0.3, 0.4) is 0 Å². The van der Waals surface area contributed by atoms with Gasteiger partial charge in [-0.25, -0.2) is 0 Å². The smallest absolute Gasteiger partial charge is 0.258 e. The molecule has 0 atom stereocenters. The monoisotopic (exact) mass is 341 g/mol. The lowest BCUT2D eigenvalue weighted by atomic mass is 9.99. The Hall–Kier alpha value is -3.02. The van der Waals surface area contributed by atoms with Crippen molar-refractivity contribution in [1.29, 1.82) is 0 Å². The van der Waals surface area contributed by atoms with Crippen LogP contribution >= 0.6 is 0 Å². The average Bonchev–Trinajstić information content (AvgIpc) is 2.66. The maximum absolute atomic E-state index is 13.0. The highest BCUT2D eigenvalue weighted by atomic mass is 16.5. The number of rotatable bonds is 4. The summed E-state index contributed by atoms with van der Waals surface area (Å²) in [6.45, 7) is 0.326. The number of benzene rings is 2. The van der Waals surface area contributed by atoms with E-state index in [0.717, 1.165) is 0 Å². The van der Waals surface area contributed by atoms with Gasteiger partial charge in [-0.15, -0.1) is 0 Å². The number of methoxy groups -OCH3 is 3. The van der Waals surface area contributed by atoms with Gasteiger partial charge in [-0.1, -0.05) is 0 Å². The van der Waals surface area contributed by atoms with Crippen LogP contribution in [-0.4, -0.2) is 39.6 Å². The number of hydrogen-bond donors (Lipinski definition) is 0. The zero-order valence-electron chi connectivity index (χ0n) is 14.4. The molecule has 130 valence electrons. The highest BCUT2D eigenvalue weighted by Crippen LogP contribution is 2.33. The largest absolute Gasteiger partial charge is 0.497 e. The van der Waals surface area contributed by atoms with Crippen molar-refractivity contribution in [3.05, 3.63) is 47.5 Å². The van der Waals surface area contributed by atoms with Gasteiger partial charge in [0.2, 0.25) is 0 Å². The van der Waals surface area contributed by atoms with Crippen molar-refractivity contribution in [3.8, 4) is 17.2 Å². The zero-order chi connectivity index (χ0) is 18.0. The molecule has 2 aromatic carbocycles. The van der Waals surface area contributed by atoms with E-state index in [9.17, 15) is 9.59 Å². The van der Waals surface area contributed by atoms with Gasteiger partial charge in [0.25, 0.3) is 5.91 Å². The van der Waals surface area contributed by atoms with E-state index in [0.29, 0.717) is 47.0 Å². The number of hydrogen-bond acceptors (Lipinski definition) is 5. The van der Waals surface area contributed by atoms with Crippen molar-refractivity contribution < 1.29 is 23.8 Å². The molecule has 0 saturated heterocycles. The molecule has 1 aliphatic rings. The molecule has 0 radical (unpaired) electrons. The van der Waals surface area contributed by atoms with Crippen molar-refractivity contribution >= 4 is 17.4 Å². The second-order valence-electron chi connectivity index (χ2n) is 5.58. The third-order valence-corrected chi connectivity index (χ3v) is 4.23. The van der Waals surface area contributed by atoms with E-state index >= 15 is 0 Å². The number of nitrogens with zero attached hydrogens (tertiary/aromatic N) is 1. The molecule has 0 spiro atoms.